The molecule has 0 aliphatic carbocycles. The Morgan fingerprint density at radius 1 is 0.195 bits per heavy atom. The summed E-state index contributed by atoms with van der Waals surface area (Å²) in [4.78, 5) is 0. The molecule has 0 saturated carbocycles. The van der Waals surface area contributed by atoms with Crippen LogP contribution in [0.4, 0.5) is 0 Å². The standard InChI is InChI=1S/C69H132O4S4/c1-5-9-13-17-21-25-29-33-37-41-45-49-53-57-65(74)70-61-69(62-71-66(75)58-54-50-46-42-38-34-30-26-22-18-14-10-6-2,63-72-67(76)59-55-51-47-43-39-35-31-27-23-19-15-11-7-3)64-73-68(77)60-56-52-48-44-40-36-32-28-24-20-16-12-8-4/h5-64H2,1-4H3. The van der Waals surface area contributed by atoms with Gasteiger partial charge in [-0.2, -0.15) is 0 Å². The van der Waals surface area contributed by atoms with Gasteiger partial charge >= 0.3 is 0 Å². The fourth-order valence-electron chi connectivity index (χ4n) is 10.6. The van der Waals surface area contributed by atoms with E-state index in [2.05, 4.69) is 27.7 Å². The van der Waals surface area contributed by atoms with Crippen molar-refractivity contribution in [1.29, 1.82) is 0 Å². The van der Waals surface area contributed by atoms with E-state index >= 15 is 0 Å². The Kier molecular flexibility index (Phi) is 62.8. The second kappa shape index (κ2) is 63.1. The van der Waals surface area contributed by atoms with E-state index < -0.39 is 5.41 Å². The van der Waals surface area contributed by atoms with Crippen molar-refractivity contribution in [3.05, 3.63) is 0 Å². The Balaban J connectivity index is 5.42. The van der Waals surface area contributed by atoms with Crippen LogP contribution < -0.4 is 0 Å². The maximum atomic E-state index is 6.52. The summed E-state index contributed by atoms with van der Waals surface area (Å²) in [5.74, 6) is 0. The molecule has 0 aromatic rings. The monoisotopic (exact) mass is 1150 g/mol. The Morgan fingerprint density at radius 3 is 0.442 bits per heavy atom. The van der Waals surface area contributed by atoms with Gasteiger partial charge in [-0.15, -0.1) is 0 Å². The van der Waals surface area contributed by atoms with Crippen LogP contribution in [0.5, 0.6) is 0 Å². The molecule has 0 aromatic carbocycles. The third-order valence-corrected chi connectivity index (χ3v) is 17.4. The van der Waals surface area contributed by atoms with Crippen molar-refractivity contribution in [2.24, 2.45) is 5.41 Å². The number of rotatable bonds is 64. The van der Waals surface area contributed by atoms with E-state index in [1.165, 1.54) is 308 Å². The van der Waals surface area contributed by atoms with Crippen LogP contribution in [0.2, 0.25) is 0 Å². The number of hydrogen-bond donors (Lipinski definition) is 0. The second-order valence-corrected chi connectivity index (χ2v) is 25.9. The van der Waals surface area contributed by atoms with E-state index in [0.717, 1.165) is 51.4 Å². The largest absolute Gasteiger partial charge is 0.486 e. The third kappa shape index (κ3) is 58.6. The van der Waals surface area contributed by atoms with Gasteiger partial charge < -0.3 is 18.9 Å². The van der Waals surface area contributed by atoms with Crippen LogP contribution in [-0.2, 0) is 18.9 Å². The van der Waals surface area contributed by atoms with Crippen molar-refractivity contribution in [2.45, 2.75) is 387 Å². The van der Waals surface area contributed by atoms with Crippen molar-refractivity contribution in [2.75, 3.05) is 26.4 Å². The molecule has 0 heterocycles. The van der Waals surface area contributed by atoms with E-state index in [1.54, 1.807) is 0 Å². The van der Waals surface area contributed by atoms with Gasteiger partial charge in [-0.3, -0.25) is 0 Å². The lowest BCUT2D eigenvalue weighted by Gasteiger charge is -2.33. The smallest absolute Gasteiger partial charge is 0.159 e. The van der Waals surface area contributed by atoms with Crippen molar-refractivity contribution < 1.29 is 18.9 Å². The zero-order chi connectivity index (χ0) is 56.1. The molecule has 0 aromatic heterocycles. The molecule has 8 heteroatoms. The molecule has 0 spiro atoms. The molecule has 0 saturated heterocycles. The highest BCUT2D eigenvalue weighted by atomic mass is 32.1. The van der Waals surface area contributed by atoms with Gasteiger partial charge in [-0.25, -0.2) is 0 Å². The maximum absolute atomic E-state index is 6.52. The molecule has 77 heavy (non-hydrogen) atoms. The summed E-state index contributed by atoms with van der Waals surface area (Å²) in [5, 5.41) is 2.65. The second-order valence-electron chi connectivity index (χ2n) is 24.1. The lowest BCUT2D eigenvalue weighted by molar-refractivity contribution is -0.0163. The highest BCUT2D eigenvalue weighted by Gasteiger charge is 2.37. The van der Waals surface area contributed by atoms with Gasteiger partial charge in [0.1, 0.15) is 31.8 Å². The number of unbranched alkanes of at least 4 members (excludes halogenated alkanes) is 48. The zero-order valence-corrected chi connectivity index (χ0v) is 55.5. The first-order valence-corrected chi connectivity index (χ1v) is 36.1. The van der Waals surface area contributed by atoms with Gasteiger partial charge in [0.25, 0.3) is 0 Å². The molecule has 0 fully saturated rings. The predicted molar refractivity (Wildman–Crippen MR) is 358 cm³/mol. The van der Waals surface area contributed by atoms with Crippen molar-refractivity contribution >= 4 is 69.1 Å². The van der Waals surface area contributed by atoms with E-state index in [1.807, 2.05) is 0 Å². The molecule has 0 aliphatic rings. The highest BCUT2D eigenvalue weighted by Crippen LogP contribution is 2.26. The Morgan fingerprint density at radius 2 is 0.312 bits per heavy atom. The molecule has 0 aliphatic heterocycles. The Labute approximate surface area is 503 Å². The molecule has 0 N–H and O–H groups in total. The summed E-state index contributed by atoms with van der Waals surface area (Å²) >= 11 is 23.7. The fraction of sp³-hybridized carbons (Fsp3) is 0.942. The average Bonchev–Trinajstić information content (AvgIpc) is 3.43. The maximum Gasteiger partial charge on any atom is 0.159 e. The van der Waals surface area contributed by atoms with Gasteiger partial charge in [-0.05, 0) is 74.6 Å². The van der Waals surface area contributed by atoms with Crippen LogP contribution in [0.3, 0.4) is 0 Å². The number of ether oxygens (including phenoxy) is 4. The highest BCUT2D eigenvalue weighted by molar-refractivity contribution is 7.80. The average molecular weight is 1150 g/mol. The normalized spacial score (nSPS) is 11.6. The SMILES string of the molecule is CCCCCCCCCCCCCCCC(=S)OCC(COC(=S)CCCCCCCCCCCCCCC)(COC(=S)CCCCCCCCCCCCCCC)COC(=S)CCCCCCCCCCCCCCC. The van der Waals surface area contributed by atoms with Crippen LogP contribution in [0.15, 0.2) is 0 Å². The fourth-order valence-corrected chi connectivity index (χ4v) is 11.4. The summed E-state index contributed by atoms with van der Waals surface area (Å²) in [7, 11) is 0. The van der Waals surface area contributed by atoms with Crippen LogP contribution in [-0.4, -0.2) is 46.6 Å². The molecule has 456 valence electrons. The summed E-state index contributed by atoms with van der Waals surface area (Å²) in [6.07, 6.45) is 72.4. The first-order valence-electron chi connectivity index (χ1n) is 34.4. The quantitative estimate of drug-likeness (QED) is 0.0441. The minimum absolute atomic E-state index is 0.328. The molecular formula is C69H132O4S4. The summed E-state index contributed by atoms with van der Waals surface area (Å²) < 4.78 is 26.1. The molecule has 0 bridgehead atoms. The van der Waals surface area contributed by atoms with Gasteiger partial charge in [-0.1, -0.05) is 336 Å². The molecule has 0 radical (unpaired) electrons. The summed E-state index contributed by atoms with van der Waals surface area (Å²) in [6.45, 7) is 10.5. The van der Waals surface area contributed by atoms with Crippen LogP contribution >= 0.6 is 48.9 Å². The van der Waals surface area contributed by atoms with Crippen molar-refractivity contribution in [3.8, 4) is 0 Å². The topological polar surface area (TPSA) is 36.9 Å². The summed E-state index contributed by atoms with van der Waals surface area (Å²) in [6, 6.07) is 0. The third-order valence-electron chi connectivity index (χ3n) is 16.1. The first kappa shape index (κ1) is 76.6. The lowest BCUT2D eigenvalue weighted by Crippen LogP contribution is -2.43. The van der Waals surface area contributed by atoms with Crippen LogP contribution in [0.25, 0.3) is 0 Å². The Hall–Kier alpha value is -0.440. The zero-order valence-electron chi connectivity index (χ0n) is 52.2. The van der Waals surface area contributed by atoms with Gasteiger partial charge in [0.15, 0.2) is 20.2 Å². The minimum atomic E-state index is -0.666. The van der Waals surface area contributed by atoms with Crippen molar-refractivity contribution in [3.63, 3.8) is 0 Å². The molecular weight excluding hydrogens is 1020 g/mol. The first-order chi connectivity index (χ1) is 37.8. The van der Waals surface area contributed by atoms with Crippen molar-refractivity contribution in [1.82, 2.24) is 0 Å². The van der Waals surface area contributed by atoms with E-state index in [0.29, 0.717) is 46.6 Å². The molecule has 4 nitrogen and oxygen atoms in total. The van der Waals surface area contributed by atoms with Crippen LogP contribution in [0.1, 0.15) is 387 Å². The molecule has 0 unspecified atom stereocenters. The van der Waals surface area contributed by atoms with E-state index in [9.17, 15) is 0 Å². The van der Waals surface area contributed by atoms with E-state index in [4.69, 9.17) is 67.8 Å². The van der Waals surface area contributed by atoms with Gasteiger partial charge in [0, 0.05) is 25.7 Å². The lowest BCUT2D eigenvalue weighted by atomic mass is 9.92. The van der Waals surface area contributed by atoms with Gasteiger partial charge in [0.2, 0.25) is 0 Å². The summed E-state index contributed by atoms with van der Waals surface area (Å²) in [5.41, 5.74) is -0.666. The predicted octanol–water partition coefficient (Wildman–Crippen LogP) is 25.3. The van der Waals surface area contributed by atoms with Crippen LogP contribution in [0, 0.1) is 5.41 Å². The Bertz CT molecular complexity index is 1070. The molecule has 0 amide bonds. The number of hydrogen-bond acceptors (Lipinski definition) is 8. The van der Waals surface area contributed by atoms with Gasteiger partial charge in [0.05, 0.1) is 0 Å². The molecule has 0 atom stereocenters. The number of thiocarbonyl (C=S) groups is 4. The minimum Gasteiger partial charge on any atom is -0.486 e. The molecule has 0 rings (SSSR count). The van der Waals surface area contributed by atoms with E-state index in [-0.39, 0.29) is 0 Å².